The summed E-state index contributed by atoms with van der Waals surface area (Å²) in [5.41, 5.74) is 3.15. The minimum absolute atomic E-state index is 0.236. The summed E-state index contributed by atoms with van der Waals surface area (Å²) in [7, 11) is -5.21. The van der Waals surface area contributed by atoms with Gasteiger partial charge in [0.25, 0.3) is 0 Å². The smallest absolute Gasteiger partial charge is 0.240 e. The summed E-state index contributed by atoms with van der Waals surface area (Å²) < 4.78 is 36.2. The number of sulfonamides is 1. The molecule has 194 valence electrons. The third-order valence-corrected chi connectivity index (χ3v) is 13.0. The SMILES string of the molecule is Cc1ccc(S(=O)(=O)NCCc2cn(C#CCCCCO[Si](C)(C)C(C)(C)C)c3ccccc23)cc1. The maximum Gasteiger partial charge on any atom is 0.240 e. The number of para-hydroxylation sites is 1. The molecule has 0 fully saturated rings. The summed E-state index contributed by atoms with van der Waals surface area (Å²) in [6.07, 6.45) is 5.46. The van der Waals surface area contributed by atoms with E-state index in [0.29, 0.717) is 13.0 Å². The number of unbranched alkanes of at least 4 members (excludes halogenated alkanes) is 2. The molecule has 0 aliphatic heterocycles. The van der Waals surface area contributed by atoms with Crippen LogP contribution in [0, 0.1) is 18.9 Å². The van der Waals surface area contributed by atoms with Crippen LogP contribution in [0.3, 0.4) is 0 Å². The monoisotopic (exact) mass is 524 g/mol. The number of rotatable bonds is 10. The molecule has 0 aliphatic carbocycles. The van der Waals surface area contributed by atoms with Crippen LogP contribution in [-0.4, -0.2) is 34.5 Å². The maximum atomic E-state index is 12.6. The zero-order chi connectivity index (χ0) is 26.4. The fourth-order valence-corrected chi connectivity index (χ4v) is 5.78. The lowest BCUT2D eigenvalue weighted by Crippen LogP contribution is -2.40. The molecule has 0 spiro atoms. The number of nitrogens with zero attached hydrogens (tertiary/aromatic N) is 1. The average molecular weight is 525 g/mol. The van der Waals surface area contributed by atoms with Crippen molar-refractivity contribution in [3.8, 4) is 12.0 Å². The van der Waals surface area contributed by atoms with E-state index >= 15 is 0 Å². The Morgan fingerprint density at radius 2 is 1.72 bits per heavy atom. The maximum absolute atomic E-state index is 12.6. The van der Waals surface area contributed by atoms with Gasteiger partial charge in [-0.3, -0.25) is 4.57 Å². The Morgan fingerprint density at radius 1 is 1.03 bits per heavy atom. The highest BCUT2D eigenvalue weighted by Gasteiger charge is 2.36. The quantitative estimate of drug-likeness (QED) is 0.188. The van der Waals surface area contributed by atoms with E-state index in [-0.39, 0.29) is 9.93 Å². The van der Waals surface area contributed by atoms with Gasteiger partial charge in [0.05, 0.1) is 10.4 Å². The molecule has 36 heavy (non-hydrogen) atoms. The molecular weight excluding hydrogens is 484 g/mol. The minimum atomic E-state index is -3.53. The van der Waals surface area contributed by atoms with Gasteiger partial charge in [0.1, 0.15) is 0 Å². The van der Waals surface area contributed by atoms with Gasteiger partial charge in [0.15, 0.2) is 8.32 Å². The van der Waals surface area contributed by atoms with Crippen molar-refractivity contribution in [3.63, 3.8) is 0 Å². The van der Waals surface area contributed by atoms with Crippen LogP contribution in [0.15, 0.2) is 59.6 Å². The molecule has 0 bridgehead atoms. The predicted octanol–water partition coefficient (Wildman–Crippen LogP) is 6.47. The van der Waals surface area contributed by atoms with Crippen molar-refractivity contribution in [1.82, 2.24) is 9.29 Å². The first-order valence-electron chi connectivity index (χ1n) is 12.7. The number of hydrogen-bond acceptors (Lipinski definition) is 3. The van der Waals surface area contributed by atoms with Crippen molar-refractivity contribution in [2.45, 2.75) is 76.4 Å². The Hall–Kier alpha value is -2.37. The second-order valence-electron chi connectivity index (χ2n) is 10.9. The summed E-state index contributed by atoms with van der Waals surface area (Å²) in [6.45, 7) is 14.4. The van der Waals surface area contributed by atoms with Gasteiger partial charge in [-0.1, -0.05) is 62.6 Å². The van der Waals surface area contributed by atoms with E-state index in [1.54, 1.807) is 12.1 Å². The Bertz CT molecular complexity index is 1320. The van der Waals surface area contributed by atoms with Gasteiger partial charge >= 0.3 is 0 Å². The molecule has 3 aromatic rings. The topological polar surface area (TPSA) is 60.3 Å². The van der Waals surface area contributed by atoms with E-state index in [4.69, 9.17) is 4.43 Å². The molecule has 0 aliphatic rings. The van der Waals surface area contributed by atoms with Crippen LogP contribution in [0.25, 0.3) is 10.9 Å². The van der Waals surface area contributed by atoms with Crippen molar-refractivity contribution >= 4 is 29.2 Å². The van der Waals surface area contributed by atoms with E-state index < -0.39 is 18.3 Å². The Morgan fingerprint density at radius 3 is 2.42 bits per heavy atom. The van der Waals surface area contributed by atoms with Gasteiger partial charge in [0, 0.05) is 37.2 Å². The standard InChI is InChI=1S/C29H40N2O3SSi/c1-24-15-17-26(18-16-24)35(32,33)30-20-19-25-23-31(28-14-10-9-13-27(25)28)21-11-7-8-12-22-34-36(5,6)29(2,3)4/h9-10,13-18,23,30H,7-8,12,19-20,22H2,1-6H3. The zero-order valence-electron chi connectivity index (χ0n) is 22.5. The molecule has 3 rings (SSSR count). The average Bonchev–Trinajstić information content (AvgIpc) is 3.15. The van der Waals surface area contributed by atoms with Crippen LogP contribution in [0.2, 0.25) is 18.1 Å². The molecule has 0 amide bonds. The van der Waals surface area contributed by atoms with Gasteiger partial charge in [-0.25, -0.2) is 13.1 Å². The highest BCUT2D eigenvalue weighted by molar-refractivity contribution is 7.89. The number of nitrogens with one attached hydrogen (secondary N) is 1. The fraction of sp³-hybridized carbons (Fsp3) is 0.448. The van der Waals surface area contributed by atoms with Gasteiger partial charge in [-0.05, 0) is 68.1 Å². The van der Waals surface area contributed by atoms with Crippen molar-refractivity contribution in [3.05, 3.63) is 65.9 Å². The van der Waals surface area contributed by atoms with E-state index in [9.17, 15) is 8.42 Å². The van der Waals surface area contributed by atoms with Crippen LogP contribution in [0.4, 0.5) is 0 Å². The number of aryl methyl sites for hydroxylation is 1. The summed E-state index contributed by atoms with van der Waals surface area (Å²) in [4.78, 5) is 0.288. The number of hydrogen-bond donors (Lipinski definition) is 1. The van der Waals surface area contributed by atoms with Crippen LogP contribution < -0.4 is 4.72 Å². The molecule has 0 unspecified atom stereocenters. The van der Waals surface area contributed by atoms with E-state index in [0.717, 1.165) is 47.9 Å². The molecule has 1 N–H and O–H groups in total. The van der Waals surface area contributed by atoms with Crippen LogP contribution in [0.1, 0.15) is 51.2 Å². The van der Waals surface area contributed by atoms with Gasteiger partial charge in [-0.2, -0.15) is 0 Å². The lowest BCUT2D eigenvalue weighted by molar-refractivity contribution is 0.280. The summed E-state index contributed by atoms with van der Waals surface area (Å²) >= 11 is 0. The van der Waals surface area contributed by atoms with Gasteiger partial charge < -0.3 is 4.43 Å². The first kappa shape index (κ1) is 28.2. The first-order chi connectivity index (χ1) is 16.9. The first-order valence-corrected chi connectivity index (χ1v) is 17.1. The Balaban J connectivity index is 1.57. The molecule has 5 nitrogen and oxygen atoms in total. The Labute approximate surface area is 218 Å². The van der Waals surface area contributed by atoms with Crippen LogP contribution in [-0.2, 0) is 20.9 Å². The third-order valence-electron chi connectivity index (χ3n) is 6.98. The largest absolute Gasteiger partial charge is 0.417 e. The molecule has 0 saturated carbocycles. The highest BCUT2D eigenvalue weighted by Crippen LogP contribution is 2.36. The number of benzene rings is 2. The lowest BCUT2D eigenvalue weighted by Gasteiger charge is -2.36. The van der Waals surface area contributed by atoms with Crippen LogP contribution >= 0.6 is 0 Å². The summed E-state index contributed by atoms with van der Waals surface area (Å²) in [5, 5.41) is 1.34. The predicted molar refractivity (Wildman–Crippen MR) is 152 cm³/mol. The molecule has 0 atom stereocenters. The van der Waals surface area contributed by atoms with Gasteiger partial charge in [0.2, 0.25) is 10.0 Å². The second kappa shape index (κ2) is 11.8. The molecule has 0 radical (unpaired) electrons. The Kier molecular flexibility index (Phi) is 9.23. The molecule has 1 aromatic heterocycles. The van der Waals surface area contributed by atoms with Crippen molar-refractivity contribution < 1.29 is 12.8 Å². The highest BCUT2D eigenvalue weighted by atomic mass is 32.2. The molecule has 1 heterocycles. The second-order valence-corrected chi connectivity index (χ2v) is 17.4. The number of aromatic nitrogens is 1. The third kappa shape index (κ3) is 7.33. The minimum Gasteiger partial charge on any atom is -0.417 e. The molecule has 7 heteroatoms. The fourth-order valence-electron chi connectivity index (χ4n) is 3.66. The normalized spacial score (nSPS) is 12.5. The summed E-state index contributed by atoms with van der Waals surface area (Å²) in [5.74, 6) is 3.30. The summed E-state index contributed by atoms with van der Waals surface area (Å²) in [6, 6.07) is 18.3. The van der Waals surface area contributed by atoms with E-state index in [1.807, 2.05) is 42.0 Å². The molecule has 0 saturated heterocycles. The zero-order valence-corrected chi connectivity index (χ0v) is 24.3. The van der Waals surface area contributed by atoms with E-state index in [2.05, 4.69) is 62.7 Å². The van der Waals surface area contributed by atoms with Crippen molar-refractivity contribution in [2.24, 2.45) is 0 Å². The number of fused-ring (bicyclic) bond motifs is 1. The van der Waals surface area contributed by atoms with Crippen molar-refractivity contribution in [2.75, 3.05) is 13.2 Å². The van der Waals surface area contributed by atoms with Crippen LogP contribution in [0.5, 0.6) is 0 Å². The molecular formula is C29H40N2O3SSi. The lowest BCUT2D eigenvalue weighted by atomic mass is 10.1. The molecule has 2 aromatic carbocycles. The van der Waals surface area contributed by atoms with Gasteiger partial charge in [-0.15, -0.1) is 0 Å². The van der Waals surface area contributed by atoms with Crippen molar-refractivity contribution in [1.29, 1.82) is 0 Å². The van der Waals surface area contributed by atoms with E-state index in [1.165, 1.54) is 0 Å².